The Bertz CT molecular complexity index is 796. The third-order valence-corrected chi connectivity index (χ3v) is 4.93. The number of hydrogen-bond donors (Lipinski definition) is 3. The number of rotatable bonds is 7. The molecule has 0 radical (unpaired) electrons. The first-order chi connectivity index (χ1) is 11.1. The van der Waals surface area contributed by atoms with E-state index in [0.717, 1.165) is 5.39 Å². The van der Waals surface area contributed by atoms with Crippen LogP contribution in [0.1, 0.15) is 27.2 Å². The fourth-order valence-corrected chi connectivity index (χ4v) is 3.94. The molecule has 0 aliphatic heterocycles. The van der Waals surface area contributed by atoms with E-state index in [4.69, 9.17) is 0 Å². The number of aromatic nitrogens is 4. The lowest BCUT2D eigenvalue weighted by atomic mass is 10.1. The average Bonchev–Trinajstić information content (AvgIpc) is 2.86. The zero-order chi connectivity index (χ0) is 18.0. The summed E-state index contributed by atoms with van der Waals surface area (Å²) < 4.78 is 28.1. The Morgan fingerprint density at radius 1 is 1.33 bits per heavy atom. The molecule has 0 saturated heterocycles. The van der Waals surface area contributed by atoms with Gasteiger partial charge in [0.05, 0.1) is 30.0 Å². The van der Waals surface area contributed by atoms with Gasteiger partial charge in [-0.05, 0) is 27.2 Å². The van der Waals surface area contributed by atoms with Gasteiger partial charge in [-0.2, -0.15) is 5.10 Å². The van der Waals surface area contributed by atoms with E-state index in [1.165, 1.54) is 6.33 Å². The second-order valence-electron chi connectivity index (χ2n) is 6.65. The summed E-state index contributed by atoms with van der Waals surface area (Å²) in [6, 6.07) is 0. The molecule has 2 heterocycles. The minimum atomic E-state index is -3.44. The third-order valence-electron chi connectivity index (χ3n) is 3.24. The monoisotopic (exact) mass is 356 g/mol. The van der Waals surface area contributed by atoms with E-state index in [2.05, 4.69) is 25.1 Å². The smallest absolute Gasteiger partial charge is 0.212 e. The number of hydrogen-bond acceptors (Lipinski definition) is 7. The van der Waals surface area contributed by atoms with Crippen LogP contribution >= 0.6 is 0 Å². The maximum atomic E-state index is 12.0. The van der Waals surface area contributed by atoms with Crippen LogP contribution in [0.2, 0.25) is 0 Å². The van der Waals surface area contributed by atoms with Crippen molar-refractivity contribution in [1.29, 1.82) is 0 Å². The van der Waals surface area contributed by atoms with Gasteiger partial charge in [0.2, 0.25) is 10.0 Å². The van der Waals surface area contributed by atoms with Crippen LogP contribution in [-0.4, -0.2) is 57.7 Å². The number of nitrogens with one attached hydrogen (secondary N) is 2. The van der Waals surface area contributed by atoms with Crippen LogP contribution in [0, 0.1) is 0 Å². The zero-order valence-electron chi connectivity index (χ0n) is 14.3. The summed E-state index contributed by atoms with van der Waals surface area (Å²) >= 11 is 0. The van der Waals surface area contributed by atoms with Crippen molar-refractivity contribution in [3.05, 3.63) is 12.5 Å². The van der Waals surface area contributed by atoms with E-state index in [0.29, 0.717) is 11.5 Å². The second kappa shape index (κ2) is 6.99. The fraction of sp³-hybridized carbons (Fsp3) is 0.643. The van der Waals surface area contributed by atoms with E-state index < -0.39 is 21.7 Å². The molecule has 2 aromatic rings. The van der Waals surface area contributed by atoms with Gasteiger partial charge in [-0.25, -0.2) is 27.8 Å². The molecule has 24 heavy (non-hydrogen) atoms. The molecule has 2 rings (SSSR count). The van der Waals surface area contributed by atoms with Crippen molar-refractivity contribution in [1.82, 2.24) is 24.5 Å². The highest BCUT2D eigenvalue weighted by Gasteiger charge is 2.21. The summed E-state index contributed by atoms with van der Waals surface area (Å²) in [5.41, 5.74) is 0.0479. The lowest BCUT2D eigenvalue weighted by molar-refractivity contribution is 0.147. The Morgan fingerprint density at radius 3 is 2.67 bits per heavy atom. The molecule has 0 aliphatic rings. The molecule has 3 N–H and O–H groups in total. The van der Waals surface area contributed by atoms with Gasteiger partial charge in [-0.1, -0.05) is 0 Å². The van der Waals surface area contributed by atoms with E-state index in [1.54, 1.807) is 38.7 Å². The largest absolute Gasteiger partial charge is 0.391 e. The fourth-order valence-electron chi connectivity index (χ4n) is 2.33. The summed E-state index contributed by atoms with van der Waals surface area (Å²) in [5.74, 6) is 0.499. The molecule has 10 heteroatoms. The zero-order valence-corrected chi connectivity index (χ0v) is 15.1. The normalized spacial score (nSPS) is 14.0. The summed E-state index contributed by atoms with van der Waals surface area (Å²) in [4.78, 5) is 8.26. The van der Waals surface area contributed by atoms with Crippen molar-refractivity contribution in [2.24, 2.45) is 0 Å². The summed E-state index contributed by atoms with van der Waals surface area (Å²) in [5, 5.41) is 18.0. The van der Waals surface area contributed by atoms with Crippen molar-refractivity contribution >= 4 is 26.9 Å². The highest BCUT2D eigenvalue weighted by Crippen LogP contribution is 2.18. The topological polar surface area (TPSA) is 122 Å². The van der Waals surface area contributed by atoms with Crippen molar-refractivity contribution in [3.63, 3.8) is 0 Å². The van der Waals surface area contributed by atoms with Gasteiger partial charge in [0.15, 0.2) is 5.65 Å². The van der Waals surface area contributed by atoms with Crippen LogP contribution in [-0.2, 0) is 16.6 Å². The maximum absolute atomic E-state index is 12.0. The van der Waals surface area contributed by atoms with E-state index in [1.807, 2.05) is 0 Å². The number of aliphatic hydroxyl groups is 1. The Morgan fingerprint density at radius 2 is 2.04 bits per heavy atom. The molecule has 0 saturated carbocycles. The minimum absolute atomic E-state index is 0.108. The molecule has 1 atom stereocenters. The van der Waals surface area contributed by atoms with Crippen LogP contribution in [0.5, 0.6) is 0 Å². The van der Waals surface area contributed by atoms with Gasteiger partial charge in [-0.3, -0.25) is 0 Å². The molecule has 9 nitrogen and oxygen atoms in total. The molecule has 1 unspecified atom stereocenters. The van der Waals surface area contributed by atoms with Crippen molar-refractivity contribution < 1.29 is 13.5 Å². The second-order valence-corrected chi connectivity index (χ2v) is 8.49. The minimum Gasteiger partial charge on any atom is -0.391 e. The van der Waals surface area contributed by atoms with Gasteiger partial charge in [0.1, 0.15) is 12.1 Å². The highest BCUT2D eigenvalue weighted by molar-refractivity contribution is 7.89. The first-order valence-electron chi connectivity index (χ1n) is 7.65. The SMILES string of the molecule is CNc1ncnc2c1cnn2CC(O)CCS(=O)(=O)NC(C)(C)C. The first kappa shape index (κ1) is 18.6. The van der Waals surface area contributed by atoms with Gasteiger partial charge in [0, 0.05) is 12.6 Å². The van der Waals surface area contributed by atoms with Crippen LogP contribution < -0.4 is 10.0 Å². The van der Waals surface area contributed by atoms with Crippen LogP contribution in [0.15, 0.2) is 12.5 Å². The van der Waals surface area contributed by atoms with E-state index in [-0.39, 0.29) is 18.7 Å². The third kappa shape index (κ3) is 4.86. The van der Waals surface area contributed by atoms with Crippen LogP contribution in [0.3, 0.4) is 0 Å². The highest BCUT2D eigenvalue weighted by atomic mass is 32.2. The predicted octanol–water partition coefficient (Wildman–Crippen LogP) is 0.337. The van der Waals surface area contributed by atoms with E-state index in [9.17, 15) is 13.5 Å². The number of aliphatic hydroxyl groups excluding tert-OH is 1. The van der Waals surface area contributed by atoms with Gasteiger partial charge in [-0.15, -0.1) is 0 Å². The Balaban J connectivity index is 2.02. The molecule has 2 aromatic heterocycles. The first-order valence-corrected chi connectivity index (χ1v) is 9.30. The number of nitrogens with zero attached hydrogens (tertiary/aromatic N) is 4. The Labute approximate surface area is 141 Å². The summed E-state index contributed by atoms with van der Waals surface area (Å²) in [7, 11) is -1.69. The summed E-state index contributed by atoms with van der Waals surface area (Å²) in [6.45, 7) is 5.48. The Hall–Kier alpha value is -1.78. The van der Waals surface area contributed by atoms with Crippen LogP contribution in [0.25, 0.3) is 11.0 Å². The quantitative estimate of drug-likeness (QED) is 0.654. The van der Waals surface area contributed by atoms with Gasteiger partial charge < -0.3 is 10.4 Å². The molecule has 0 fully saturated rings. The van der Waals surface area contributed by atoms with Crippen molar-refractivity contribution in [2.45, 2.75) is 45.4 Å². The predicted molar refractivity (Wildman–Crippen MR) is 92.2 cm³/mol. The molecular weight excluding hydrogens is 332 g/mol. The average molecular weight is 356 g/mol. The molecule has 0 spiro atoms. The molecule has 134 valence electrons. The van der Waals surface area contributed by atoms with Crippen molar-refractivity contribution in [3.8, 4) is 0 Å². The Kier molecular flexibility index (Phi) is 5.41. The lowest BCUT2D eigenvalue weighted by Gasteiger charge is -2.21. The number of sulfonamides is 1. The molecule has 0 aliphatic carbocycles. The lowest BCUT2D eigenvalue weighted by Crippen LogP contribution is -2.42. The van der Waals surface area contributed by atoms with Crippen LogP contribution in [0.4, 0.5) is 5.82 Å². The number of anilines is 1. The van der Waals surface area contributed by atoms with Gasteiger partial charge >= 0.3 is 0 Å². The summed E-state index contributed by atoms with van der Waals surface area (Å²) in [6.07, 6.45) is 2.29. The standard InChI is InChI=1S/C14H24N6O3S/c1-14(2,3)19-24(22,23)6-5-10(21)8-20-13-11(7-18-20)12(15-4)16-9-17-13/h7,9-10,19,21H,5-6,8H2,1-4H3,(H,15,16,17). The number of fused-ring (bicyclic) bond motifs is 1. The molecular formula is C14H24N6O3S. The molecule has 0 bridgehead atoms. The van der Waals surface area contributed by atoms with Gasteiger partial charge in [0.25, 0.3) is 0 Å². The molecule has 0 aromatic carbocycles. The van der Waals surface area contributed by atoms with E-state index >= 15 is 0 Å². The van der Waals surface area contributed by atoms with Crippen molar-refractivity contribution in [2.75, 3.05) is 18.1 Å². The maximum Gasteiger partial charge on any atom is 0.212 e. The molecule has 0 amide bonds.